The predicted octanol–water partition coefficient (Wildman–Crippen LogP) is 4.02. The molecule has 8 nitrogen and oxygen atoms in total. The Kier molecular flexibility index (Phi) is 5.64. The topological polar surface area (TPSA) is 110 Å². The van der Waals surface area contributed by atoms with Crippen LogP contribution in [-0.2, 0) is 4.79 Å². The summed E-state index contributed by atoms with van der Waals surface area (Å²) in [6, 6.07) is 8.02. The van der Waals surface area contributed by atoms with Crippen LogP contribution in [0.1, 0.15) is 48.5 Å². The largest absolute Gasteiger partial charge is 0.484 e. The lowest BCUT2D eigenvalue weighted by Crippen LogP contribution is -2.23. The minimum atomic E-state index is -0.498. The molecule has 1 aliphatic carbocycles. The Labute approximate surface area is 162 Å². The van der Waals surface area contributed by atoms with Crippen LogP contribution in [0.25, 0.3) is 0 Å². The van der Waals surface area contributed by atoms with Crippen LogP contribution >= 0.6 is 0 Å². The Balaban J connectivity index is 1.73. The average molecular weight is 382 g/mol. The van der Waals surface area contributed by atoms with Gasteiger partial charge in [-0.15, -0.1) is 0 Å². The van der Waals surface area contributed by atoms with Gasteiger partial charge in [0.1, 0.15) is 17.6 Å². The fraction of sp³-hybridized carbons (Fsp3) is 0.400. The first-order chi connectivity index (χ1) is 13.4. The maximum absolute atomic E-state index is 12.4. The number of nitrogens with zero attached hydrogens (tertiary/aromatic N) is 3. The average Bonchev–Trinajstić information content (AvgIpc) is 3.28. The highest BCUT2D eigenvalue weighted by Crippen LogP contribution is 2.37. The van der Waals surface area contributed by atoms with Crippen LogP contribution in [0.3, 0.4) is 0 Å². The number of anilines is 1. The van der Waals surface area contributed by atoms with E-state index in [0.717, 1.165) is 36.9 Å². The molecule has 1 heterocycles. The highest BCUT2D eigenvalue weighted by atomic mass is 16.6. The Bertz CT molecular complexity index is 935. The molecule has 0 unspecified atom stereocenters. The molecule has 0 spiro atoms. The summed E-state index contributed by atoms with van der Waals surface area (Å²) in [5.74, 6) is 0.507. The minimum absolute atomic E-state index is 0.0456. The number of aromatic nitrogens is 1. The van der Waals surface area contributed by atoms with Crippen molar-refractivity contribution < 1.29 is 14.5 Å². The lowest BCUT2D eigenvalue weighted by atomic mass is 10.2. The molecule has 0 bridgehead atoms. The number of hydrogen-bond acceptors (Lipinski definition) is 5. The molecule has 1 amide bonds. The quantitative estimate of drug-likeness (QED) is 0.599. The van der Waals surface area contributed by atoms with Gasteiger partial charge in [-0.3, -0.25) is 14.9 Å². The van der Waals surface area contributed by atoms with Crippen LogP contribution in [0.5, 0.6) is 5.75 Å². The van der Waals surface area contributed by atoms with Crippen molar-refractivity contribution in [3.8, 4) is 11.8 Å². The summed E-state index contributed by atoms with van der Waals surface area (Å²) in [5.41, 5.74) is 2.31. The number of non-ortho nitro benzene ring substituents is 1. The first-order valence-electron chi connectivity index (χ1n) is 9.21. The number of carbonyl (C=O) groups is 1. The molecular weight excluding hydrogens is 360 g/mol. The highest BCUT2D eigenvalue weighted by molar-refractivity contribution is 5.93. The van der Waals surface area contributed by atoms with Gasteiger partial charge in [0.25, 0.3) is 11.6 Å². The Morgan fingerprint density at radius 3 is 2.54 bits per heavy atom. The molecule has 0 radical (unpaired) electrons. The lowest BCUT2D eigenvalue weighted by molar-refractivity contribution is -0.384. The fourth-order valence-corrected chi connectivity index (χ4v) is 3.69. The molecule has 146 valence electrons. The van der Waals surface area contributed by atoms with Gasteiger partial charge in [0, 0.05) is 23.9 Å². The van der Waals surface area contributed by atoms with E-state index in [1.54, 1.807) is 0 Å². The van der Waals surface area contributed by atoms with Gasteiger partial charge < -0.3 is 14.6 Å². The fourth-order valence-electron chi connectivity index (χ4n) is 3.69. The Morgan fingerprint density at radius 1 is 1.32 bits per heavy atom. The van der Waals surface area contributed by atoms with Crippen molar-refractivity contribution in [1.29, 1.82) is 5.26 Å². The Hall–Kier alpha value is -3.34. The molecule has 1 aliphatic rings. The molecule has 1 saturated carbocycles. The van der Waals surface area contributed by atoms with E-state index in [2.05, 4.69) is 16.0 Å². The van der Waals surface area contributed by atoms with E-state index >= 15 is 0 Å². The minimum Gasteiger partial charge on any atom is -0.484 e. The van der Waals surface area contributed by atoms with Crippen LogP contribution in [0.2, 0.25) is 0 Å². The third-order valence-electron chi connectivity index (χ3n) is 5.23. The lowest BCUT2D eigenvalue weighted by Gasteiger charge is -2.19. The number of amides is 1. The van der Waals surface area contributed by atoms with E-state index < -0.39 is 4.92 Å². The van der Waals surface area contributed by atoms with Crippen molar-refractivity contribution >= 4 is 17.4 Å². The first-order valence-corrected chi connectivity index (χ1v) is 9.21. The molecule has 2 aromatic rings. The van der Waals surface area contributed by atoms with E-state index in [9.17, 15) is 20.2 Å². The van der Waals surface area contributed by atoms with Gasteiger partial charge >= 0.3 is 0 Å². The molecule has 1 N–H and O–H groups in total. The summed E-state index contributed by atoms with van der Waals surface area (Å²) < 4.78 is 7.50. The standard InChI is InChI=1S/C20H22N4O4/c1-13-14(2)23(15-5-3-4-6-15)20(18(13)11-21)22-19(25)12-28-17-9-7-16(8-10-17)24(26)27/h7-10,15H,3-6,12H2,1-2H3,(H,22,25). The van der Waals surface area contributed by atoms with E-state index in [4.69, 9.17) is 4.74 Å². The van der Waals surface area contributed by atoms with Gasteiger partial charge in [-0.25, -0.2) is 0 Å². The number of carbonyl (C=O) groups excluding carboxylic acids is 1. The summed E-state index contributed by atoms with van der Waals surface area (Å²) in [6.07, 6.45) is 4.34. The molecule has 1 fully saturated rings. The molecular formula is C20H22N4O4. The first kappa shape index (κ1) is 19.4. The number of hydrogen-bond donors (Lipinski definition) is 1. The number of nitro benzene ring substituents is 1. The van der Waals surface area contributed by atoms with Gasteiger partial charge in [0.05, 0.1) is 10.5 Å². The maximum atomic E-state index is 12.4. The smallest absolute Gasteiger partial charge is 0.269 e. The predicted molar refractivity (Wildman–Crippen MR) is 103 cm³/mol. The van der Waals surface area contributed by atoms with Crippen LogP contribution in [0.15, 0.2) is 24.3 Å². The van der Waals surface area contributed by atoms with E-state index in [-0.39, 0.29) is 24.2 Å². The number of nitrogens with one attached hydrogen (secondary N) is 1. The number of benzene rings is 1. The van der Waals surface area contributed by atoms with Gasteiger partial charge in [0.15, 0.2) is 6.61 Å². The SMILES string of the molecule is Cc1c(C#N)c(NC(=O)COc2ccc([N+](=O)[O-])cc2)n(C2CCCC2)c1C. The monoisotopic (exact) mass is 382 g/mol. The van der Waals surface area contributed by atoms with E-state index in [0.29, 0.717) is 17.1 Å². The maximum Gasteiger partial charge on any atom is 0.269 e. The van der Waals surface area contributed by atoms with Crippen molar-refractivity contribution in [2.45, 2.75) is 45.6 Å². The van der Waals surface area contributed by atoms with Crippen molar-refractivity contribution in [1.82, 2.24) is 4.57 Å². The number of rotatable bonds is 6. The molecule has 0 atom stereocenters. The second-order valence-electron chi connectivity index (χ2n) is 6.94. The molecule has 3 rings (SSSR count). The summed E-state index contributed by atoms with van der Waals surface area (Å²) >= 11 is 0. The zero-order valence-electron chi connectivity index (χ0n) is 15.9. The van der Waals surface area contributed by atoms with Crippen LogP contribution in [0.4, 0.5) is 11.5 Å². The zero-order chi connectivity index (χ0) is 20.3. The van der Waals surface area contributed by atoms with Crippen LogP contribution in [-0.4, -0.2) is 22.0 Å². The molecule has 0 aliphatic heterocycles. The zero-order valence-corrected chi connectivity index (χ0v) is 15.9. The van der Waals surface area contributed by atoms with E-state index in [1.165, 1.54) is 24.3 Å². The van der Waals surface area contributed by atoms with Gasteiger partial charge in [-0.05, 0) is 44.4 Å². The van der Waals surface area contributed by atoms with Crippen molar-refractivity contribution in [3.05, 3.63) is 51.2 Å². The van der Waals surface area contributed by atoms with Crippen molar-refractivity contribution in [3.63, 3.8) is 0 Å². The third kappa shape index (κ3) is 3.83. The molecule has 1 aromatic carbocycles. The second-order valence-corrected chi connectivity index (χ2v) is 6.94. The molecule has 1 aromatic heterocycles. The number of ether oxygens (including phenoxy) is 1. The van der Waals surface area contributed by atoms with Crippen LogP contribution < -0.4 is 10.1 Å². The van der Waals surface area contributed by atoms with Crippen LogP contribution in [0, 0.1) is 35.3 Å². The molecule has 0 saturated heterocycles. The number of nitro groups is 1. The van der Waals surface area contributed by atoms with Crippen molar-refractivity contribution in [2.24, 2.45) is 0 Å². The Morgan fingerprint density at radius 2 is 1.96 bits per heavy atom. The second kappa shape index (κ2) is 8.13. The summed E-state index contributed by atoms with van der Waals surface area (Å²) in [7, 11) is 0. The summed E-state index contributed by atoms with van der Waals surface area (Å²) in [5, 5.41) is 23.1. The highest BCUT2D eigenvalue weighted by Gasteiger charge is 2.26. The summed E-state index contributed by atoms with van der Waals surface area (Å²) in [6.45, 7) is 3.61. The number of nitriles is 1. The molecule has 8 heteroatoms. The third-order valence-corrected chi connectivity index (χ3v) is 5.23. The van der Waals surface area contributed by atoms with E-state index in [1.807, 2.05) is 13.8 Å². The normalized spacial score (nSPS) is 13.9. The van der Waals surface area contributed by atoms with Gasteiger partial charge in [-0.1, -0.05) is 12.8 Å². The van der Waals surface area contributed by atoms with Crippen molar-refractivity contribution in [2.75, 3.05) is 11.9 Å². The summed E-state index contributed by atoms with van der Waals surface area (Å²) in [4.78, 5) is 22.6. The van der Waals surface area contributed by atoms with Gasteiger partial charge in [0.2, 0.25) is 0 Å². The van der Waals surface area contributed by atoms with Gasteiger partial charge in [-0.2, -0.15) is 5.26 Å². The molecule has 28 heavy (non-hydrogen) atoms.